The summed E-state index contributed by atoms with van der Waals surface area (Å²) in [7, 11) is 1.55. The first-order valence-corrected chi connectivity index (χ1v) is 11.9. The van der Waals surface area contributed by atoms with Crippen molar-refractivity contribution >= 4 is 29.4 Å². The van der Waals surface area contributed by atoms with E-state index in [1.807, 2.05) is 24.3 Å². The van der Waals surface area contributed by atoms with E-state index in [4.69, 9.17) is 14.2 Å². The molecule has 2 unspecified atom stereocenters. The van der Waals surface area contributed by atoms with Gasteiger partial charge in [-0.3, -0.25) is 9.79 Å². The molecule has 6 nitrogen and oxygen atoms in total. The molecule has 2 aliphatic rings. The molecule has 33 heavy (non-hydrogen) atoms. The minimum atomic E-state index is -0.625. The molecule has 2 heterocycles. The number of cyclic esters (lactones) is 1. The lowest BCUT2D eigenvalue weighted by Crippen LogP contribution is -2.33. The van der Waals surface area contributed by atoms with E-state index in [2.05, 4.69) is 36.2 Å². The second-order valence-electron chi connectivity index (χ2n) is 8.11. The topological polar surface area (TPSA) is 74.2 Å². The smallest absolute Gasteiger partial charge is 0.336 e. The molecule has 0 saturated carbocycles. The average Bonchev–Trinajstić information content (AvgIpc) is 3.18. The molecule has 2 atom stereocenters. The first-order valence-electron chi connectivity index (χ1n) is 10.9. The van der Waals surface area contributed by atoms with Crippen molar-refractivity contribution in [2.75, 3.05) is 26.9 Å². The predicted molar refractivity (Wildman–Crippen MR) is 127 cm³/mol. The Morgan fingerprint density at radius 2 is 1.85 bits per heavy atom. The monoisotopic (exact) mass is 465 g/mol. The SMILES string of the molecule is COCCOC(=O)C1=C(C)N=C2COC(=O)C2C1c1ccccc1SCc1ccc(C)cc1. The third-order valence-corrected chi connectivity index (χ3v) is 6.99. The van der Waals surface area contributed by atoms with E-state index in [1.165, 1.54) is 11.1 Å². The highest BCUT2D eigenvalue weighted by Gasteiger charge is 2.47. The van der Waals surface area contributed by atoms with Crippen molar-refractivity contribution < 1.29 is 23.8 Å². The molecule has 172 valence electrons. The molecular weight excluding hydrogens is 438 g/mol. The molecular formula is C26H27NO5S. The van der Waals surface area contributed by atoms with Gasteiger partial charge < -0.3 is 14.2 Å². The van der Waals surface area contributed by atoms with Gasteiger partial charge in [0.05, 0.1) is 17.9 Å². The molecule has 7 heteroatoms. The molecule has 0 aromatic heterocycles. The summed E-state index contributed by atoms with van der Waals surface area (Å²) in [5.41, 5.74) is 4.96. The van der Waals surface area contributed by atoms with Crippen LogP contribution in [0.3, 0.4) is 0 Å². The van der Waals surface area contributed by atoms with Gasteiger partial charge in [-0.15, -0.1) is 11.8 Å². The summed E-state index contributed by atoms with van der Waals surface area (Å²) < 4.78 is 15.8. The van der Waals surface area contributed by atoms with Gasteiger partial charge in [-0.25, -0.2) is 4.79 Å². The molecule has 0 bridgehead atoms. The van der Waals surface area contributed by atoms with Crippen LogP contribution < -0.4 is 0 Å². The lowest BCUT2D eigenvalue weighted by atomic mass is 9.76. The van der Waals surface area contributed by atoms with Crippen LogP contribution in [0.15, 0.2) is 69.7 Å². The van der Waals surface area contributed by atoms with Crippen molar-refractivity contribution in [3.63, 3.8) is 0 Å². The zero-order valence-corrected chi connectivity index (χ0v) is 19.8. The third kappa shape index (κ3) is 5.04. The number of aliphatic imine (C=N–C) groups is 1. The Labute approximate surface area is 198 Å². The van der Waals surface area contributed by atoms with Crippen LogP contribution in [0, 0.1) is 12.8 Å². The van der Waals surface area contributed by atoms with Crippen LogP contribution in [-0.2, 0) is 29.6 Å². The lowest BCUT2D eigenvalue weighted by Gasteiger charge is -2.29. The van der Waals surface area contributed by atoms with E-state index in [1.54, 1.807) is 25.8 Å². The number of hydrogen-bond donors (Lipinski definition) is 0. The maximum absolute atomic E-state index is 13.1. The quantitative estimate of drug-likeness (QED) is 0.326. The standard InChI is InChI=1S/C26H27NO5S/c1-16-8-10-18(11-9-16)15-33-21-7-5-4-6-19(21)23-22(25(28)31-13-12-30-3)17(2)27-20-14-32-26(29)24(20)23/h4-11,23-24H,12-15H2,1-3H3. The van der Waals surface area contributed by atoms with Crippen molar-refractivity contribution in [1.29, 1.82) is 0 Å². The van der Waals surface area contributed by atoms with E-state index >= 15 is 0 Å². The minimum absolute atomic E-state index is 0.133. The largest absolute Gasteiger partial charge is 0.460 e. The number of thioether (sulfide) groups is 1. The molecule has 1 saturated heterocycles. The Kier molecular flexibility index (Phi) is 7.30. The van der Waals surface area contributed by atoms with Crippen LogP contribution >= 0.6 is 11.8 Å². The number of benzene rings is 2. The number of aryl methyl sites for hydroxylation is 1. The van der Waals surface area contributed by atoms with Gasteiger partial charge in [0.1, 0.15) is 19.1 Å². The van der Waals surface area contributed by atoms with Crippen molar-refractivity contribution in [2.24, 2.45) is 10.9 Å². The van der Waals surface area contributed by atoms with Gasteiger partial charge in [-0.1, -0.05) is 48.0 Å². The Balaban J connectivity index is 1.69. The molecule has 0 spiro atoms. The van der Waals surface area contributed by atoms with E-state index in [0.29, 0.717) is 23.6 Å². The maximum atomic E-state index is 13.1. The Morgan fingerprint density at radius 1 is 1.09 bits per heavy atom. The molecule has 0 radical (unpaired) electrons. The lowest BCUT2D eigenvalue weighted by molar-refractivity contribution is -0.142. The number of nitrogens with zero attached hydrogens (tertiary/aromatic N) is 1. The van der Waals surface area contributed by atoms with E-state index in [-0.39, 0.29) is 19.2 Å². The fraction of sp³-hybridized carbons (Fsp3) is 0.346. The molecule has 0 amide bonds. The number of carbonyl (C=O) groups is 2. The number of carbonyl (C=O) groups excluding carboxylic acids is 2. The van der Waals surface area contributed by atoms with Gasteiger partial charge in [0.15, 0.2) is 0 Å². The summed E-state index contributed by atoms with van der Waals surface area (Å²) in [6.45, 7) is 4.44. The minimum Gasteiger partial charge on any atom is -0.460 e. The summed E-state index contributed by atoms with van der Waals surface area (Å²) in [6.07, 6.45) is 0. The van der Waals surface area contributed by atoms with Crippen molar-refractivity contribution in [2.45, 2.75) is 30.4 Å². The second-order valence-corrected chi connectivity index (χ2v) is 9.12. The fourth-order valence-electron chi connectivity index (χ4n) is 4.18. The molecule has 2 aromatic carbocycles. The van der Waals surface area contributed by atoms with Gasteiger partial charge in [-0.05, 0) is 31.0 Å². The molecule has 0 aliphatic carbocycles. The van der Waals surface area contributed by atoms with Gasteiger partial charge in [0, 0.05) is 29.4 Å². The zero-order valence-electron chi connectivity index (χ0n) is 19.0. The first-order chi connectivity index (χ1) is 16.0. The summed E-state index contributed by atoms with van der Waals surface area (Å²) in [4.78, 5) is 31.4. The molecule has 4 rings (SSSR count). The summed E-state index contributed by atoms with van der Waals surface area (Å²) in [5, 5.41) is 0. The highest BCUT2D eigenvalue weighted by Crippen LogP contribution is 2.45. The summed E-state index contributed by atoms with van der Waals surface area (Å²) in [5.74, 6) is -1.19. The predicted octanol–water partition coefficient (Wildman–Crippen LogP) is 4.46. The van der Waals surface area contributed by atoms with Crippen LogP contribution in [0.4, 0.5) is 0 Å². The van der Waals surface area contributed by atoms with Gasteiger partial charge in [0.2, 0.25) is 0 Å². The van der Waals surface area contributed by atoms with E-state index < -0.39 is 17.8 Å². The van der Waals surface area contributed by atoms with Crippen LogP contribution in [0.2, 0.25) is 0 Å². The Bertz CT molecular complexity index is 1110. The van der Waals surface area contributed by atoms with Crippen molar-refractivity contribution in [3.05, 3.63) is 76.5 Å². The second kappa shape index (κ2) is 10.4. The molecule has 2 aliphatic heterocycles. The Hall–Kier alpha value is -2.90. The van der Waals surface area contributed by atoms with Crippen LogP contribution in [0.5, 0.6) is 0 Å². The highest BCUT2D eigenvalue weighted by molar-refractivity contribution is 7.98. The van der Waals surface area contributed by atoms with Crippen LogP contribution in [0.1, 0.15) is 29.5 Å². The number of rotatable bonds is 8. The van der Waals surface area contributed by atoms with Crippen molar-refractivity contribution in [3.8, 4) is 0 Å². The van der Waals surface area contributed by atoms with Gasteiger partial charge >= 0.3 is 11.9 Å². The fourth-order valence-corrected chi connectivity index (χ4v) is 5.23. The van der Waals surface area contributed by atoms with Crippen LogP contribution in [0.25, 0.3) is 0 Å². The average molecular weight is 466 g/mol. The maximum Gasteiger partial charge on any atom is 0.336 e. The molecule has 2 aromatic rings. The number of esters is 2. The van der Waals surface area contributed by atoms with Crippen molar-refractivity contribution in [1.82, 2.24) is 0 Å². The van der Waals surface area contributed by atoms with Gasteiger partial charge in [-0.2, -0.15) is 0 Å². The molecule has 1 fully saturated rings. The Morgan fingerprint density at radius 3 is 2.61 bits per heavy atom. The third-order valence-electron chi connectivity index (χ3n) is 5.83. The number of fused-ring (bicyclic) bond motifs is 1. The highest BCUT2D eigenvalue weighted by atomic mass is 32.2. The number of hydrogen-bond acceptors (Lipinski definition) is 7. The van der Waals surface area contributed by atoms with E-state index in [9.17, 15) is 9.59 Å². The number of allylic oxidation sites excluding steroid dienone is 1. The zero-order chi connectivity index (χ0) is 23.4. The van der Waals surface area contributed by atoms with Crippen LogP contribution in [-0.4, -0.2) is 44.6 Å². The van der Waals surface area contributed by atoms with Gasteiger partial charge in [0.25, 0.3) is 0 Å². The number of ether oxygens (including phenoxy) is 3. The summed E-state index contributed by atoms with van der Waals surface area (Å²) >= 11 is 1.68. The number of methoxy groups -OCH3 is 1. The molecule has 0 N–H and O–H groups in total. The normalized spacial score (nSPS) is 19.7. The summed E-state index contributed by atoms with van der Waals surface area (Å²) in [6, 6.07) is 16.3. The first kappa shape index (κ1) is 23.3. The van der Waals surface area contributed by atoms with E-state index in [0.717, 1.165) is 16.2 Å².